The third-order valence-electron chi connectivity index (χ3n) is 0.639. The molecule has 1 N–H and O–H groups in total. The summed E-state index contributed by atoms with van der Waals surface area (Å²) in [6.07, 6.45) is 1.75. The van der Waals surface area contributed by atoms with Gasteiger partial charge in [-0.2, -0.15) is 0 Å². The van der Waals surface area contributed by atoms with Crippen LogP contribution in [0.1, 0.15) is 13.8 Å². The summed E-state index contributed by atoms with van der Waals surface area (Å²) in [5.74, 6) is 0. The van der Waals surface area contributed by atoms with Crippen LogP contribution in [0, 0.1) is 6.61 Å². The van der Waals surface area contributed by atoms with E-state index in [0.29, 0.717) is 5.57 Å². The molecule has 1 nitrogen and oxygen atoms in total. The predicted molar refractivity (Wildman–Crippen MR) is 33.7 cm³/mol. The Morgan fingerprint density at radius 2 is 2.12 bits per heavy atom. The summed E-state index contributed by atoms with van der Waals surface area (Å²) in [5, 5.41) is 8.22. The normalized spacial score (nSPS) is 11.6. The highest BCUT2D eigenvalue weighted by atomic mass is 16.3. The summed E-state index contributed by atoms with van der Waals surface area (Å²) in [7, 11) is 0. The molecule has 0 saturated heterocycles. The van der Waals surface area contributed by atoms with Gasteiger partial charge in [0.15, 0.2) is 6.61 Å². The van der Waals surface area contributed by atoms with Crippen molar-refractivity contribution < 1.29 is 5.11 Å². The SMILES string of the molecule is C=C(C)/C=C(/C)[C]O. The molecular weight excluding hydrogens is 100 g/mol. The molecule has 0 aromatic carbocycles. The van der Waals surface area contributed by atoms with Crippen LogP contribution in [-0.4, -0.2) is 5.11 Å². The molecule has 1 heteroatoms. The second-order valence-corrected chi connectivity index (χ2v) is 1.79. The minimum atomic E-state index is 0.706. The van der Waals surface area contributed by atoms with Crippen molar-refractivity contribution in [2.75, 3.05) is 0 Å². The van der Waals surface area contributed by atoms with Gasteiger partial charge in [-0.25, -0.2) is 0 Å². The highest BCUT2D eigenvalue weighted by Crippen LogP contribution is 1.99. The average molecular weight is 110 g/mol. The minimum Gasteiger partial charge on any atom is -0.378 e. The van der Waals surface area contributed by atoms with Gasteiger partial charge in [-0.15, -0.1) is 0 Å². The lowest BCUT2D eigenvalue weighted by molar-refractivity contribution is 0.411. The van der Waals surface area contributed by atoms with E-state index in [4.69, 9.17) is 5.11 Å². The summed E-state index contributed by atoms with van der Waals surface area (Å²) in [4.78, 5) is 0. The Bertz CT molecular complexity index is 112. The second kappa shape index (κ2) is 3.44. The molecule has 44 valence electrons. The number of aliphatic hydroxyl groups excluding tert-OH is 1. The molecule has 0 aliphatic rings. The monoisotopic (exact) mass is 110 g/mol. The number of hydrogen-bond acceptors (Lipinski definition) is 1. The quantitative estimate of drug-likeness (QED) is 0.538. The molecule has 0 bridgehead atoms. The molecule has 0 aromatic rings. The number of hydrogen-bond donors (Lipinski definition) is 1. The number of aliphatic hydroxyl groups is 1. The van der Waals surface area contributed by atoms with Crippen molar-refractivity contribution in [1.29, 1.82) is 0 Å². The smallest absolute Gasteiger partial charge is 0.157 e. The molecule has 0 heterocycles. The van der Waals surface area contributed by atoms with Crippen LogP contribution >= 0.6 is 0 Å². The van der Waals surface area contributed by atoms with E-state index in [0.717, 1.165) is 5.57 Å². The van der Waals surface area contributed by atoms with Crippen molar-refractivity contribution in [3.05, 3.63) is 30.4 Å². The minimum absolute atomic E-state index is 0.706. The van der Waals surface area contributed by atoms with Gasteiger partial charge in [0.1, 0.15) is 0 Å². The summed E-state index contributed by atoms with van der Waals surface area (Å²) < 4.78 is 0. The van der Waals surface area contributed by atoms with Crippen LogP contribution in [0.15, 0.2) is 23.8 Å². The maximum Gasteiger partial charge on any atom is 0.157 e. The maximum absolute atomic E-state index is 8.22. The highest BCUT2D eigenvalue weighted by molar-refractivity contribution is 5.20. The molecule has 2 radical (unpaired) electrons. The fraction of sp³-hybridized carbons (Fsp3) is 0.286. The first kappa shape index (κ1) is 7.44. The lowest BCUT2D eigenvalue weighted by Gasteiger charge is -1.89. The molecule has 0 aromatic heterocycles. The van der Waals surface area contributed by atoms with Gasteiger partial charge in [0, 0.05) is 0 Å². The van der Waals surface area contributed by atoms with E-state index >= 15 is 0 Å². The van der Waals surface area contributed by atoms with E-state index in [1.807, 2.05) is 13.5 Å². The van der Waals surface area contributed by atoms with Crippen molar-refractivity contribution in [2.24, 2.45) is 0 Å². The Kier molecular flexibility index (Phi) is 3.20. The predicted octanol–water partition coefficient (Wildman–Crippen LogP) is 1.92. The molecule has 0 spiro atoms. The van der Waals surface area contributed by atoms with E-state index in [2.05, 4.69) is 6.58 Å². The van der Waals surface area contributed by atoms with Crippen LogP contribution < -0.4 is 0 Å². The zero-order valence-corrected chi connectivity index (χ0v) is 5.23. The third kappa shape index (κ3) is 3.62. The molecule has 0 fully saturated rings. The molecule has 0 saturated carbocycles. The standard InChI is InChI=1S/C7H10O/c1-6(2)4-7(3)5-8/h4,8H,1H2,2-3H3/b7-4-. The molecular formula is C7H10O. The highest BCUT2D eigenvalue weighted by Gasteiger charge is 1.83. The third-order valence-corrected chi connectivity index (χ3v) is 0.639. The lowest BCUT2D eigenvalue weighted by Crippen LogP contribution is -1.75. The second-order valence-electron chi connectivity index (χ2n) is 1.79. The summed E-state index contributed by atoms with van der Waals surface area (Å²) in [6, 6.07) is 0. The van der Waals surface area contributed by atoms with Gasteiger partial charge in [-0.1, -0.05) is 18.2 Å². The fourth-order valence-electron chi connectivity index (χ4n) is 0.402. The molecule has 0 unspecified atom stereocenters. The van der Waals surface area contributed by atoms with Gasteiger partial charge >= 0.3 is 0 Å². The number of rotatable bonds is 2. The van der Waals surface area contributed by atoms with Crippen LogP contribution in [-0.2, 0) is 0 Å². The molecule has 0 atom stereocenters. The summed E-state index contributed by atoms with van der Waals surface area (Å²) in [6.45, 7) is 9.23. The molecule has 0 aliphatic carbocycles. The first-order chi connectivity index (χ1) is 3.66. The first-order valence-corrected chi connectivity index (χ1v) is 2.40. The van der Waals surface area contributed by atoms with E-state index in [-0.39, 0.29) is 0 Å². The Balaban J connectivity index is 3.75. The van der Waals surface area contributed by atoms with Gasteiger partial charge in [0.25, 0.3) is 0 Å². The Labute approximate surface area is 50.3 Å². The van der Waals surface area contributed by atoms with E-state index in [1.54, 1.807) is 13.0 Å². The van der Waals surface area contributed by atoms with Crippen molar-refractivity contribution in [3.8, 4) is 0 Å². The van der Waals surface area contributed by atoms with Crippen LogP contribution in [0.5, 0.6) is 0 Å². The van der Waals surface area contributed by atoms with Crippen LogP contribution in [0.25, 0.3) is 0 Å². The van der Waals surface area contributed by atoms with Crippen molar-refractivity contribution in [3.63, 3.8) is 0 Å². The summed E-state index contributed by atoms with van der Waals surface area (Å²) in [5.41, 5.74) is 1.63. The Morgan fingerprint density at radius 3 is 2.25 bits per heavy atom. The molecule has 0 rings (SSSR count). The van der Waals surface area contributed by atoms with Gasteiger partial charge in [-0.3, -0.25) is 0 Å². The average Bonchev–Trinajstić information content (AvgIpc) is 1.65. The zero-order valence-electron chi connectivity index (χ0n) is 5.23. The lowest BCUT2D eigenvalue weighted by atomic mass is 10.2. The zero-order chi connectivity index (χ0) is 6.57. The van der Waals surface area contributed by atoms with Crippen molar-refractivity contribution in [1.82, 2.24) is 0 Å². The molecule has 8 heavy (non-hydrogen) atoms. The van der Waals surface area contributed by atoms with Crippen molar-refractivity contribution in [2.45, 2.75) is 13.8 Å². The Hall–Kier alpha value is -0.560. The van der Waals surface area contributed by atoms with E-state index in [1.165, 1.54) is 0 Å². The van der Waals surface area contributed by atoms with Crippen LogP contribution in [0.4, 0.5) is 0 Å². The van der Waals surface area contributed by atoms with Gasteiger partial charge < -0.3 is 5.11 Å². The first-order valence-electron chi connectivity index (χ1n) is 2.40. The van der Waals surface area contributed by atoms with Gasteiger partial charge in [-0.05, 0) is 19.4 Å². The van der Waals surface area contributed by atoms with Gasteiger partial charge in [0.2, 0.25) is 0 Å². The van der Waals surface area contributed by atoms with Gasteiger partial charge in [0.05, 0.1) is 0 Å². The number of allylic oxidation sites excluding steroid dienone is 2. The molecule has 0 amide bonds. The topological polar surface area (TPSA) is 20.2 Å². The van der Waals surface area contributed by atoms with Crippen LogP contribution in [0.2, 0.25) is 0 Å². The summed E-state index contributed by atoms with van der Waals surface area (Å²) >= 11 is 0. The maximum atomic E-state index is 8.22. The van der Waals surface area contributed by atoms with E-state index < -0.39 is 0 Å². The van der Waals surface area contributed by atoms with Crippen LogP contribution in [0.3, 0.4) is 0 Å². The Morgan fingerprint density at radius 1 is 1.62 bits per heavy atom. The largest absolute Gasteiger partial charge is 0.378 e. The molecule has 0 aliphatic heterocycles. The van der Waals surface area contributed by atoms with E-state index in [9.17, 15) is 0 Å². The fourth-order valence-corrected chi connectivity index (χ4v) is 0.402. The van der Waals surface area contributed by atoms with Crippen molar-refractivity contribution >= 4 is 0 Å².